The molecule has 4 nitrogen and oxygen atoms in total. The highest BCUT2D eigenvalue weighted by atomic mass is 15.2. The Bertz CT molecular complexity index is 289. The topological polar surface area (TPSA) is 54.2 Å². The fraction of sp³-hybridized carbons (Fsp3) is 0.500. The van der Waals surface area contributed by atoms with Crippen molar-refractivity contribution >= 4 is 11.5 Å². The van der Waals surface area contributed by atoms with Crippen molar-refractivity contribution in [2.24, 2.45) is 5.92 Å². The van der Waals surface area contributed by atoms with Crippen LogP contribution in [0.15, 0.2) is 18.3 Å². The standard InChI is InChI=1S/C10H16N4/c1-14-6-8(7-14)4-12-9-2-3-10(11)13-5-9/h2-3,5,8,12H,4,6-7H2,1H3,(H2,11,13). The van der Waals surface area contributed by atoms with Gasteiger partial charge in [0.2, 0.25) is 0 Å². The molecule has 76 valence electrons. The van der Waals surface area contributed by atoms with Crippen LogP contribution in [0.1, 0.15) is 0 Å². The van der Waals surface area contributed by atoms with Crippen LogP contribution in [0.3, 0.4) is 0 Å². The van der Waals surface area contributed by atoms with Gasteiger partial charge in [-0.1, -0.05) is 0 Å². The molecule has 0 bridgehead atoms. The summed E-state index contributed by atoms with van der Waals surface area (Å²) < 4.78 is 0. The first-order valence-electron chi connectivity index (χ1n) is 4.88. The van der Waals surface area contributed by atoms with Crippen LogP contribution in [0.5, 0.6) is 0 Å². The third-order valence-corrected chi connectivity index (χ3v) is 2.52. The molecule has 1 aromatic heterocycles. The molecular weight excluding hydrogens is 176 g/mol. The van der Waals surface area contributed by atoms with Gasteiger partial charge in [0, 0.05) is 25.6 Å². The number of likely N-dealkylation sites (tertiary alicyclic amines) is 1. The molecule has 0 spiro atoms. The van der Waals surface area contributed by atoms with E-state index < -0.39 is 0 Å². The van der Waals surface area contributed by atoms with Gasteiger partial charge in [0.25, 0.3) is 0 Å². The largest absolute Gasteiger partial charge is 0.384 e. The van der Waals surface area contributed by atoms with Gasteiger partial charge in [0.1, 0.15) is 5.82 Å². The van der Waals surface area contributed by atoms with Crippen molar-refractivity contribution in [2.75, 3.05) is 37.7 Å². The summed E-state index contributed by atoms with van der Waals surface area (Å²) in [4.78, 5) is 6.33. The molecule has 1 fully saturated rings. The first-order valence-corrected chi connectivity index (χ1v) is 4.88. The van der Waals surface area contributed by atoms with Gasteiger partial charge in [0.15, 0.2) is 0 Å². The smallest absolute Gasteiger partial charge is 0.123 e. The van der Waals surface area contributed by atoms with Crippen molar-refractivity contribution in [3.05, 3.63) is 18.3 Å². The zero-order chi connectivity index (χ0) is 9.97. The second-order valence-electron chi connectivity index (χ2n) is 3.94. The highest BCUT2D eigenvalue weighted by molar-refractivity contribution is 5.45. The van der Waals surface area contributed by atoms with E-state index >= 15 is 0 Å². The van der Waals surface area contributed by atoms with Crippen molar-refractivity contribution in [3.63, 3.8) is 0 Å². The highest BCUT2D eigenvalue weighted by Crippen LogP contribution is 2.14. The molecule has 1 aliphatic rings. The Balaban J connectivity index is 1.78. The number of pyridine rings is 1. The molecule has 0 saturated carbocycles. The zero-order valence-electron chi connectivity index (χ0n) is 8.40. The summed E-state index contributed by atoms with van der Waals surface area (Å²) in [6.07, 6.45) is 1.78. The Morgan fingerprint density at radius 3 is 2.93 bits per heavy atom. The Labute approximate surface area is 84.1 Å². The average molecular weight is 192 g/mol. The van der Waals surface area contributed by atoms with Crippen LogP contribution in [0.2, 0.25) is 0 Å². The van der Waals surface area contributed by atoms with Crippen LogP contribution in [0.4, 0.5) is 11.5 Å². The second kappa shape index (κ2) is 3.84. The first kappa shape index (κ1) is 9.27. The fourth-order valence-electron chi connectivity index (χ4n) is 1.73. The van der Waals surface area contributed by atoms with Gasteiger partial charge >= 0.3 is 0 Å². The summed E-state index contributed by atoms with van der Waals surface area (Å²) in [6, 6.07) is 3.78. The summed E-state index contributed by atoms with van der Waals surface area (Å²) in [5.74, 6) is 1.34. The van der Waals surface area contributed by atoms with E-state index in [-0.39, 0.29) is 0 Å². The molecule has 0 aromatic carbocycles. The maximum Gasteiger partial charge on any atom is 0.123 e. The van der Waals surface area contributed by atoms with E-state index in [1.807, 2.05) is 12.1 Å². The Hall–Kier alpha value is -1.29. The number of aromatic nitrogens is 1. The Morgan fingerprint density at radius 2 is 2.36 bits per heavy atom. The van der Waals surface area contributed by atoms with Gasteiger partial charge in [-0.05, 0) is 19.2 Å². The van der Waals surface area contributed by atoms with E-state index in [0.29, 0.717) is 5.82 Å². The van der Waals surface area contributed by atoms with E-state index in [2.05, 4.69) is 22.2 Å². The van der Waals surface area contributed by atoms with Crippen molar-refractivity contribution in [1.29, 1.82) is 0 Å². The van der Waals surface area contributed by atoms with Crippen LogP contribution >= 0.6 is 0 Å². The zero-order valence-corrected chi connectivity index (χ0v) is 8.40. The molecule has 1 aromatic rings. The molecule has 0 amide bonds. The number of nitrogens with one attached hydrogen (secondary N) is 1. The number of hydrogen-bond donors (Lipinski definition) is 2. The van der Waals surface area contributed by atoms with Crippen molar-refractivity contribution in [3.8, 4) is 0 Å². The SMILES string of the molecule is CN1CC(CNc2ccc(N)nc2)C1. The molecule has 14 heavy (non-hydrogen) atoms. The van der Waals surface area contributed by atoms with E-state index in [0.717, 1.165) is 18.2 Å². The van der Waals surface area contributed by atoms with Crippen LogP contribution < -0.4 is 11.1 Å². The number of hydrogen-bond acceptors (Lipinski definition) is 4. The minimum Gasteiger partial charge on any atom is -0.384 e. The van der Waals surface area contributed by atoms with Gasteiger partial charge in [-0.15, -0.1) is 0 Å². The van der Waals surface area contributed by atoms with Crippen molar-refractivity contribution in [1.82, 2.24) is 9.88 Å². The lowest BCUT2D eigenvalue weighted by Crippen LogP contribution is -2.46. The third-order valence-electron chi connectivity index (χ3n) is 2.52. The predicted molar refractivity (Wildman–Crippen MR) is 58.1 cm³/mol. The van der Waals surface area contributed by atoms with Gasteiger partial charge in [-0.3, -0.25) is 0 Å². The number of nitrogens with two attached hydrogens (primary N) is 1. The molecule has 0 atom stereocenters. The predicted octanol–water partition coefficient (Wildman–Crippen LogP) is 0.637. The average Bonchev–Trinajstić information content (AvgIpc) is 2.13. The van der Waals surface area contributed by atoms with Gasteiger partial charge in [-0.25, -0.2) is 4.98 Å². The van der Waals surface area contributed by atoms with E-state index in [1.165, 1.54) is 13.1 Å². The molecule has 2 heterocycles. The van der Waals surface area contributed by atoms with Gasteiger partial charge in [0.05, 0.1) is 11.9 Å². The maximum absolute atomic E-state index is 5.49. The van der Waals surface area contributed by atoms with E-state index in [1.54, 1.807) is 6.20 Å². The Morgan fingerprint density at radius 1 is 1.57 bits per heavy atom. The molecule has 3 N–H and O–H groups in total. The van der Waals surface area contributed by atoms with Crippen molar-refractivity contribution in [2.45, 2.75) is 0 Å². The molecular formula is C10H16N4. The van der Waals surface area contributed by atoms with Gasteiger partial charge < -0.3 is 16.0 Å². The Kier molecular flexibility index (Phi) is 2.54. The highest BCUT2D eigenvalue weighted by Gasteiger charge is 2.22. The lowest BCUT2D eigenvalue weighted by molar-refractivity contribution is 0.144. The summed E-state index contributed by atoms with van der Waals surface area (Å²) in [5.41, 5.74) is 6.54. The molecule has 0 aliphatic carbocycles. The van der Waals surface area contributed by atoms with Crippen molar-refractivity contribution < 1.29 is 0 Å². The normalized spacial score (nSPS) is 17.8. The van der Waals surface area contributed by atoms with Crippen LogP contribution in [-0.4, -0.2) is 36.6 Å². The van der Waals surface area contributed by atoms with Crippen LogP contribution in [0, 0.1) is 5.92 Å². The quantitative estimate of drug-likeness (QED) is 0.738. The molecule has 1 aliphatic heterocycles. The number of nitrogens with zero attached hydrogens (tertiary/aromatic N) is 2. The summed E-state index contributed by atoms with van der Waals surface area (Å²) in [7, 11) is 2.14. The lowest BCUT2D eigenvalue weighted by atomic mass is 10.0. The van der Waals surface area contributed by atoms with Gasteiger partial charge in [-0.2, -0.15) is 0 Å². The first-order chi connectivity index (χ1) is 6.74. The minimum absolute atomic E-state index is 0.568. The molecule has 2 rings (SSSR count). The second-order valence-corrected chi connectivity index (χ2v) is 3.94. The van der Waals surface area contributed by atoms with Crippen LogP contribution in [-0.2, 0) is 0 Å². The molecule has 1 saturated heterocycles. The summed E-state index contributed by atoms with van der Waals surface area (Å²) in [6.45, 7) is 3.40. The molecule has 4 heteroatoms. The molecule has 0 radical (unpaired) electrons. The monoisotopic (exact) mass is 192 g/mol. The fourth-order valence-corrected chi connectivity index (χ4v) is 1.73. The third kappa shape index (κ3) is 2.14. The van der Waals surface area contributed by atoms with Crippen LogP contribution in [0.25, 0.3) is 0 Å². The number of rotatable bonds is 3. The summed E-state index contributed by atoms with van der Waals surface area (Å²) >= 11 is 0. The number of nitrogen functional groups attached to an aromatic ring is 1. The molecule has 0 unspecified atom stereocenters. The maximum atomic E-state index is 5.49. The summed E-state index contributed by atoms with van der Waals surface area (Å²) in [5, 5.41) is 3.35. The lowest BCUT2D eigenvalue weighted by Gasteiger charge is -2.36. The minimum atomic E-state index is 0.568. The van der Waals surface area contributed by atoms with E-state index in [4.69, 9.17) is 5.73 Å². The number of anilines is 2. The van der Waals surface area contributed by atoms with E-state index in [9.17, 15) is 0 Å².